The Morgan fingerprint density at radius 1 is 1.00 bits per heavy atom. The fourth-order valence-electron chi connectivity index (χ4n) is 2.69. The van der Waals surface area contributed by atoms with Gasteiger partial charge in [0, 0.05) is 38.6 Å². The summed E-state index contributed by atoms with van der Waals surface area (Å²) in [4.78, 5) is 24.8. The van der Waals surface area contributed by atoms with Crippen LogP contribution in [0.15, 0.2) is 42.7 Å². The van der Waals surface area contributed by atoms with Crippen LogP contribution in [-0.4, -0.2) is 60.2 Å². The van der Waals surface area contributed by atoms with E-state index in [0.717, 1.165) is 0 Å². The molecule has 7 nitrogen and oxygen atoms in total. The largest absolute Gasteiger partial charge is 0.490 e. The SMILES string of the molecule is CCOc1ccccc1OCC(=O)N1CCN(c2ncccn2)CC1. The molecule has 25 heavy (non-hydrogen) atoms. The van der Waals surface area contributed by atoms with Gasteiger partial charge in [-0.1, -0.05) is 12.1 Å². The third kappa shape index (κ3) is 4.37. The quantitative estimate of drug-likeness (QED) is 0.794. The van der Waals surface area contributed by atoms with Crippen molar-refractivity contribution in [1.82, 2.24) is 14.9 Å². The van der Waals surface area contributed by atoms with Crippen LogP contribution in [0, 0.1) is 0 Å². The van der Waals surface area contributed by atoms with Crippen LogP contribution >= 0.6 is 0 Å². The van der Waals surface area contributed by atoms with Crippen LogP contribution in [-0.2, 0) is 4.79 Å². The smallest absolute Gasteiger partial charge is 0.260 e. The Bertz CT molecular complexity index is 688. The van der Waals surface area contributed by atoms with E-state index in [0.29, 0.717) is 50.2 Å². The maximum Gasteiger partial charge on any atom is 0.260 e. The second kappa shape index (κ2) is 8.32. The monoisotopic (exact) mass is 342 g/mol. The molecule has 0 radical (unpaired) electrons. The summed E-state index contributed by atoms with van der Waals surface area (Å²) in [6.07, 6.45) is 3.45. The fraction of sp³-hybridized carbons (Fsp3) is 0.389. The second-order valence-corrected chi connectivity index (χ2v) is 5.59. The molecule has 1 saturated heterocycles. The number of para-hydroxylation sites is 2. The van der Waals surface area contributed by atoms with E-state index in [-0.39, 0.29) is 12.5 Å². The van der Waals surface area contributed by atoms with Crippen LogP contribution in [0.2, 0.25) is 0 Å². The Hall–Kier alpha value is -2.83. The van der Waals surface area contributed by atoms with E-state index in [1.54, 1.807) is 18.5 Å². The van der Waals surface area contributed by atoms with E-state index >= 15 is 0 Å². The Labute approximate surface area is 147 Å². The number of carbonyl (C=O) groups excluding carboxylic acids is 1. The molecule has 1 aromatic carbocycles. The zero-order chi connectivity index (χ0) is 17.5. The van der Waals surface area contributed by atoms with Gasteiger partial charge < -0.3 is 19.3 Å². The van der Waals surface area contributed by atoms with Crippen molar-refractivity contribution in [3.05, 3.63) is 42.7 Å². The first-order valence-corrected chi connectivity index (χ1v) is 8.42. The third-order valence-electron chi connectivity index (χ3n) is 3.97. The van der Waals surface area contributed by atoms with Gasteiger partial charge >= 0.3 is 0 Å². The summed E-state index contributed by atoms with van der Waals surface area (Å²) in [5.74, 6) is 1.93. The van der Waals surface area contributed by atoms with Crippen molar-refractivity contribution in [3.63, 3.8) is 0 Å². The summed E-state index contributed by atoms with van der Waals surface area (Å²) in [5, 5.41) is 0. The zero-order valence-electron chi connectivity index (χ0n) is 14.3. The number of benzene rings is 1. The highest BCUT2D eigenvalue weighted by molar-refractivity contribution is 5.78. The molecule has 0 unspecified atom stereocenters. The fourth-order valence-corrected chi connectivity index (χ4v) is 2.69. The van der Waals surface area contributed by atoms with Crippen molar-refractivity contribution in [2.45, 2.75) is 6.92 Å². The number of carbonyl (C=O) groups is 1. The number of piperazine rings is 1. The van der Waals surface area contributed by atoms with Gasteiger partial charge in [-0.3, -0.25) is 4.79 Å². The lowest BCUT2D eigenvalue weighted by Gasteiger charge is -2.34. The number of hydrogen-bond donors (Lipinski definition) is 0. The number of nitrogens with zero attached hydrogens (tertiary/aromatic N) is 4. The molecule has 7 heteroatoms. The van der Waals surface area contributed by atoms with Gasteiger partial charge in [0.05, 0.1) is 6.61 Å². The zero-order valence-corrected chi connectivity index (χ0v) is 14.3. The van der Waals surface area contributed by atoms with Gasteiger partial charge in [-0.2, -0.15) is 0 Å². The van der Waals surface area contributed by atoms with Crippen LogP contribution in [0.5, 0.6) is 11.5 Å². The molecule has 0 N–H and O–H groups in total. The molecule has 0 atom stereocenters. The van der Waals surface area contributed by atoms with Crippen LogP contribution in [0.3, 0.4) is 0 Å². The first-order chi connectivity index (χ1) is 12.3. The van der Waals surface area contributed by atoms with Gasteiger partial charge in [0.25, 0.3) is 5.91 Å². The van der Waals surface area contributed by atoms with E-state index in [2.05, 4.69) is 14.9 Å². The van der Waals surface area contributed by atoms with Gasteiger partial charge in [0.15, 0.2) is 18.1 Å². The van der Waals surface area contributed by atoms with Gasteiger partial charge in [0.2, 0.25) is 5.95 Å². The molecule has 2 aromatic rings. The Kier molecular flexibility index (Phi) is 5.66. The highest BCUT2D eigenvalue weighted by Gasteiger charge is 2.22. The van der Waals surface area contributed by atoms with E-state index in [1.807, 2.05) is 36.1 Å². The van der Waals surface area contributed by atoms with Crippen molar-refractivity contribution < 1.29 is 14.3 Å². The number of ether oxygens (including phenoxy) is 2. The number of hydrogen-bond acceptors (Lipinski definition) is 6. The standard InChI is InChI=1S/C18H22N4O3/c1-2-24-15-6-3-4-7-16(15)25-14-17(23)21-10-12-22(13-11-21)18-19-8-5-9-20-18/h3-9H,2,10-14H2,1H3. The first kappa shape index (κ1) is 17.0. The highest BCUT2D eigenvalue weighted by Crippen LogP contribution is 2.26. The van der Waals surface area contributed by atoms with E-state index in [9.17, 15) is 4.79 Å². The van der Waals surface area contributed by atoms with Crippen molar-refractivity contribution in [3.8, 4) is 11.5 Å². The number of rotatable bonds is 6. The van der Waals surface area contributed by atoms with Gasteiger partial charge in [0.1, 0.15) is 0 Å². The van der Waals surface area contributed by atoms with Crippen molar-refractivity contribution in [2.75, 3.05) is 44.3 Å². The van der Waals surface area contributed by atoms with Gasteiger partial charge in [-0.05, 0) is 25.1 Å². The minimum Gasteiger partial charge on any atom is -0.490 e. The predicted molar refractivity (Wildman–Crippen MR) is 93.9 cm³/mol. The molecular weight excluding hydrogens is 320 g/mol. The average molecular weight is 342 g/mol. The van der Waals surface area contributed by atoms with Crippen molar-refractivity contribution >= 4 is 11.9 Å². The summed E-state index contributed by atoms with van der Waals surface area (Å²) in [6.45, 7) is 5.17. The second-order valence-electron chi connectivity index (χ2n) is 5.59. The number of amides is 1. The van der Waals surface area contributed by atoms with Crippen molar-refractivity contribution in [1.29, 1.82) is 0 Å². The number of anilines is 1. The minimum atomic E-state index is -0.0278. The maximum atomic E-state index is 12.4. The summed E-state index contributed by atoms with van der Waals surface area (Å²) in [5.41, 5.74) is 0. The maximum absolute atomic E-state index is 12.4. The lowest BCUT2D eigenvalue weighted by Crippen LogP contribution is -2.50. The number of aromatic nitrogens is 2. The Morgan fingerprint density at radius 2 is 1.64 bits per heavy atom. The molecule has 1 aliphatic heterocycles. The van der Waals surface area contributed by atoms with Crippen LogP contribution in [0.1, 0.15) is 6.92 Å². The highest BCUT2D eigenvalue weighted by atomic mass is 16.5. The normalized spacial score (nSPS) is 14.3. The topological polar surface area (TPSA) is 67.8 Å². The Morgan fingerprint density at radius 3 is 2.28 bits per heavy atom. The summed E-state index contributed by atoms with van der Waals surface area (Å²) >= 11 is 0. The molecule has 1 aliphatic rings. The molecule has 1 aromatic heterocycles. The minimum absolute atomic E-state index is 0.00588. The molecule has 0 saturated carbocycles. The van der Waals surface area contributed by atoms with Crippen LogP contribution in [0.25, 0.3) is 0 Å². The van der Waals surface area contributed by atoms with Crippen LogP contribution < -0.4 is 14.4 Å². The molecule has 132 valence electrons. The lowest BCUT2D eigenvalue weighted by molar-refractivity contribution is -0.133. The van der Waals surface area contributed by atoms with Crippen molar-refractivity contribution in [2.24, 2.45) is 0 Å². The Balaban J connectivity index is 1.50. The molecular formula is C18H22N4O3. The van der Waals surface area contributed by atoms with E-state index in [4.69, 9.17) is 9.47 Å². The first-order valence-electron chi connectivity index (χ1n) is 8.42. The van der Waals surface area contributed by atoms with E-state index < -0.39 is 0 Å². The predicted octanol–water partition coefficient (Wildman–Crippen LogP) is 1.60. The summed E-state index contributed by atoms with van der Waals surface area (Å²) in [7, 11) is 0. The van der Waals surface area contributed by atoms with E-state index in [1.165, 1.54) is 0 Å². The molecule has 0 bridgehead atoms. The third-order valence-corrected chi connectivity index (χ3v) is 3.97. The molecule has 3 rings (SSSR count). The average Bonchev–Trinajstić information content (AvgIpc) is 2.68. The lowest BCUT2D eigenvalue weighted by atomic mass is 10.3. The summed E-state index contributed by atoms with van der Waals surface area (Å²) in [6, 6.07) is 9.18. The van der Waals surface area contributed by atoms with Gasteiger partial charge in [-0.15, -0.1) is 0 Å². The molecule has 1 fully saturated rings. The van der Waals surface area contributed by atoms with Gasteiger partial charge in [-0.25, -0.2) is 9.97 Å². The molecule has 1 amide bonds. The molecule has 0 aliphatic carbocycles. The molecule has 0 spiro atoms. The molecule has 2 heterocycles. The summed E-state index contributed by atoms with van der Waals surface area (Å²) < 4.78 is 11.2. The van der Waals surface area contributed by atoms with Crippen LogP contribution in [0.4, 0.5) is 5.95 Å².